The Morgan fingerprint density at radius 3 is 2.35 bits per heavy atom. The van der Waals surface area contributed by atoms with Gasteiger partial charge in [-0.25, -0.2) is 15.0 Å². The Balaban J connectivity index is 2.17. The van der Waals surface area contributed by atoms with Crippen molar-refractivity contribution in [3.63, 3.8) is 0 Å². The van der Waals surface area contributed by atoms with Crippen LogP contribution in [0.2, 0.25) is 5.02 Å². The fourth-order valence-electron chi connectivity index (χ4n) is 1.87. The summed E-state index contributed by atoms with van der Waals surface area (Å²) in [6.07, 6.45) is -1.67. The number of imidazole rings is 1. The van der Waals surface area contributed by atoms with Gasteiger partial charge in [-0.3, -0.25) is 4.57 Å². The molecule has 0 saturated carbocycles. The number of nitrogens with zero attached hydrogens (tertiary/aromatic N) is 4. The number of halogens is 5. The highest BCUT2D eigenvalue weighted by atomic mass is 127. The first kappa shape index (κ1) is 16.2. The number of hydrogen-bond acceptors (Lipinski definition) is 3. The molecule has 0 radical (unpaired) electrons. The second-order valence-electron chi connectivity index (χ2n) is 4.55. The average molecular weight is 451 g/mol. The van der Waals surface area contributed by atoms with Gasteiger partial charge in [0, 0.05) is 16.8 Å². The Kier molecular flexibility index (Phi) is 4.28. The Morgan fingerprint density at radius 2 is 1.78 bits per heavy atom. The molecule has 0 fully saturated rings. The van der Waals surface area contributed by atoms with Crippen molar-refractivity contribution >= 4 is 34.2 Å². The highest BCUT2D eigenvalue weighted by molar-refractivity contribution is 14.1. The van der Waals surface area contributed by atoms with Crippen molar-refractivity contribution in [3.05, 3.63) is 57.3 Å². The van der Waals surface area contributed by atoms with Crippen molar-refractivity contribution in [2.24, 2.45) is 0 Å². The van der Waals surface area contributed by atoms with E-state index in [1.165, 1.54) is 10.9 Å². The predicted molar refractivity (Wildman–Crippen MR) is 87.3 cm³/mol. The molecule has 0 spiro atoms. The van der Waals surface area contributed by atoms with Crippen molar-refractivity contribution in [2.45, 2.75) is 6.18 Å². The van der Waals surface area contributed by atoms with E-state index in [2.05, 4.69) is 15.0 Å². The molecule has 0 aliphatic heterocycles. The fourth-order valence-corrected chi connectivity index (χ4v) is 2.42. The summed E-state index contributed by atoms with van der Waals surface area (Å²) < 4.78 is 41.3. The molecule has 0 saturated heterocycles. The van der Waals surface area contributed by atoms with E-state index in [1.807, 2.05) is 22.6 Å². The molecule has 2 aromatic heterocycles. The van der Waals surface area contributed by atoms with Crippen LogP contribution in [0.4, 0.5) is 13.2 Å². The van der Waals surface area contributed by atoms with E-state index in [1.54, 1.807) is 30.5 Å². The van der Waals surface area contributed by atoms with E-state index >= 15 is 0 Å². The Morgan fingerprint density at radius 1 is 1.09 bits per heavy atom. The lowest BCUT2D eigenvalue weighted by Gasteiger charge is -2.11. The maximum atomic E-state index is 13.1. The van der Waals surface area contributed by atoms with E-state index in [9.17, 15) is 13.2 Å². The molecular weight excluding hydrogens is 444 g/mol. The zero-order chi connectivity index (χ0) is 16.6. The topological polar surface area (TPSA) is 43.6 Å². The normalized spacial score (nSPS) is 11.7. The lowest BCUT2D eigenvalue weighted by molar-refractivity contribution is -0.141. The van der Waals surface area contributed by atoms with Crippen LogP contribution in [-0.4, -0.2) is 19.5 Å². The smallest absolute Gasteiger partial charge is 0.273 e. The van der Waals surface area contributed by atoms with Crippen molar-refractivity contribution in [2.75, 3.05) is 0 Å². The van der Waals surface area contributed by atoms with Gasteiger partial charge in [-0.2, -0.15) is 13.2 Å². The maximum absolute atomic E-state index is 13.1. The molecule has 0 amide bonds. The van der Waals surface area contributed by atoms with Crippen molar-refractivity contribution in [3.8, 4) is 17.2 Å². The molecule has 0 aliphatic carbocycles. The van der Waals surface area contributed by atoms with Crippen LogP contribution in [0.3, 0.4) is 0 Å². The zero-order valence-electron chi connectivity index (χ0n) is 11.2. The number of hydrogen-bond donors (Lipinski definition) is 0. The lowest BCUT2D eigenvalue weighted by Crippen LogP contribution is -2.12. The minimum atomic E-state index is -4.58. The monoisotopic (exact) mass is 450 g/mol. The van der Waals surface area contributed by atoms with Crippen LogP contribution < -0.4 is 0 Å². The van der Waals surface area contributed by atoms with E-state index in [4.69, 9.17) is 11.6 Å². The third-order valence-corrected chi connectivity index (χ3v) is 3.74. The minimum absolute atomic E-state index is 0.0970. The molecule has 9 heteroatoms. The van der Waals surface area contributed by atoms with E-state index in [0.29, 0.717) is 14.3 Å². The van der Waals surface area contributed by atoms with Crippen molar-refractivity contribution in [1.82, 2.24) is 19.5 Å². The van der Waals surface area contributed by atoms with Crippen LogP contribution in [-0.2, 0) is 6.18 Å². The van der Waals surface area contributed by atoms with Gasteiger partial charge in [0.1, 0.15) is 10.0 Å². The van der Waals surface area contributed by atoms with Gasteiger partial charge in [-0.05, 0) is 40.8 Å². The molecule has 0 N–H and O–H groups in total. The standard InChI is InChI=1S/C14H7ClF3IN4/c15-9-3-1-8(2-4-9)10-5-11(14(16,17)18)22-13(21-10)23-6-12(19)20-7-23/h1-7H. The molecule has 118 valence electrons. The van der Waals surface area contributed by atoms with Crippen LogP contribution in [0.25, 0.3) is 17.2 Å². The molecule has 2 heterocycles. The second-order valence-corrected chi connectivity index (χ2v) is 6.09. The van der Waals surface area contributed by atoms with Crippen LogP contribution in [0, 0.1) is 3.70 Å². The minimum Gasteiger partial charge on any atom is -0.273 e. The molecule has 3 rings (SSSR count). The molecule has 3 aromatic rings. The molecule has 0 atom stereocenters. The second kappa shape index (κ2) is 6.08. The Bertz CT molecular complexity index is 846. The Labute approximate surface area is 147 Å². The van der Waals surface area contributed by atoms with E-state index in [-0.39, 0.29) is 11.6 Å². The predicted octanol–water partition coefficient (Wildman–Crippen LogP) is 4.61. The lowest BCUT2D eigenvalue weighted by atomic mass is 10.1. The molecule has 4 nitrogen and oxygen atoms in total. The molecular formula is C14H7ClF3IN4. The highest BCUT2D eigenvalue weighted by Crippen LogP contribution is 2.31. The largest absolute Gasteiger partial charge is 0.433 e. The summed E-state index contributed by atoms with van der Waals surface area (Å²) >= 11 is 7.76. The summed E-state index contributed by atoms with van der Waals surface area (Å²) in [5.74, 6) is -0.0970. The Hall–Kier alpha value is -1.68. The number of alkyl halides is 3. The first-order valence-electron chi connectivity index (χ1n) is 6.25. The van der Waals surface area contributed by atoms with E-state index in [0.717, 1.165) is 6.07 Å². The third kappa shape index (κ3) is 3.63. The SMILES string of the molecule is FC(F)(F)c1cc(-c2ccc(Cl)cc2)nc(-n2cnc(I)c2)n1. The molecule has 0 bridgehead atoms. The van der Waals surface area contributed by atoms with Gasteiger partial charge < -0.3 is 0 Å². The van der Waals surface area contributed by atoms with E-state index < -0.39 is 11.9 Å². The van der Waals surface area contributed by atoms with Crippen molar-refractivity contribution < 1.29 is 13.2 Å². The van der Waals surface area contributed by atoms with Crippen LogP contribution in [0.1, 0.15) is 5.69 Å². The maximum Gasteiger partial charge on any atom is 0.433 e. The average Bonchev–Trinajstić information content (AvgIpc) is 2.93. The van der Waals surface area contributed by atoms with Crippen LogP contribution in [0.5, 0.6) is 0 Å². The highest BCUT2D eigenvalue weighted by Gasteiger charge is 2.34. The molecule has 0 aliphatic rings. The number of aromatic nitrogens is 4. The molecule has 23 heavy (non-hydrogen) atoms. The third-order valence-electron chi connectivity index (χ3n) is 2.93. The summed E-state index contributed by atoms with van der Waals surface area (Å²) in [4.78, 5) is 11.8. The summed E-state index contributed by atoms with van der Waals surface area (Å²) in [5.41, 5.74) is -0.350. The summed E-state index contributed by atoms with van der Waals surface area (Å²) in [6, 6.07) is 7.30. The van der Waals surface area contributed by atoms with Gasteiger partial charge in [-0.1, -0.05) is 23.7 Å². The first-order valence-corrected chi connectivity index (χ1v) is 7.71. The summed E-state index contributed by atoms with van der Waals surface area (Å²) in [7, 11) is 0. The molecule has 0 unspecified atom stereocenters. The first-order chi connectivity index (χ1) is 10.8. The van der Waals surface area contributed by atoms with Gasteiger partial charge in [-0.15, -0.1) is 0 Å². The van der Waals surface area contributed by atoms with Gasteiger partial charge in [0.15, 0.2) is 5.69 Å². The summed E-state index contributed by atoms with van der Waals surface area (Å²) in [5, 5.41) is 0.489. The quantitative estimate of drug-likeness (QED) is 0.536. The van der Waals surface area contributed by atoms with Gasteiger partial charge in [0.05, 0.1) is 5.69 Å². The van der Waals surface area contributed by atoms with Crippen molar-refractivity contribution in [1.29, 1.82) is 0 Å². The fraction of sp³-hybridized carbons (Fsp3) is 0.0714. The van der Waals surface area contributed by atoms with Gasteiger partial charge >= 0.3 is 6.18 Å². The number of rotatable bonds is 2. The van der Waals surface area contributed by atoms with Crippen LogP contribution >= 0.6 is 34.2 Å². The van der Waals surface area contributed by atoms with Gasteiger partial charge in [0.25, 0.3) is 0 Å². The van der Waals surface area contributed by atoms with Gasteiger partial charge in [0.2, 0.25) is 5.95 Å². The number of benzene rings is 1. The zero-order valence-corrected chi connectivity index (χ0v) is 14.1. The van der Waals surface area contributed by atoms with Crippen LogP contribution in [0.15, 0.2) is 42.9 Å². The molecule has 1 aromatic carbocycles. The summed E-state index contributed by atoms with van der Waals surface area (Å²) in [6.45, 7) is 0.